The van der Waals surface area contributed by atoms with E-state index >= 15 is 0 Å². The van der Waals surface area contributed by atoms with Crippen LogP contribution in [0.5, 0.6) is 0 Å². The average Bonchev–Trinajstić information content (AvgIpc) is 2.70. The fourth-order valence-corrected chi connectivity index (χ4v) is 2.73. The van der Waals surface area contributed by atoms with Gasteiger partial charge in [-0.3, -0.25) is 4.79 Å². The zero-order chi connectivity index (χ0) is 19.9. The summed E-state index contributed by atoms with van der Waals surface area (Å²) in [4.78, 5) is 22.6. The number of hydrogen-bond donors (Lipinski definition) is 2. The molecule has 0 fully saturated rings. The van der Waals surface area contributed by atoms with Crippen LogP contribution in [-0.2, 0) is 6.42 Å². The highest BCUT2D eigenvalue weighted by Crippen LogP contribution is 2.19. The van der Waals surface area contributed by atoms with E-state index < -0.39 is 0 Å². The van der Waals surface area contributed by atoms with Crippen LogP contribution in [0.4, 0.5) is 17.2 Å². The molecule has 2 aromatic carbocycles. The van der Waals surface area contributed by atoms with Gasteiger partial charge < -0.3 is 15.5 Å². The van der Waals surface area contributed by atoms with Gasteiger partial charge in [0.05, 0.1) is 0 Å². The SMILES string of the molecule is CN(C)c1ccc(Nc2cc(C(=O)NCCc3ccc(Cl)cc3)ncn2)cc1. The average molecular weight is 396 g/mol. The van der Waals surface area contributed by atoms with Gasteiger partial charge in [0, 0.05) is 43.1 Å². The van der Waals surface area contributed by atoms with Gasteiger partial charge in [0.2, 0.25) is 0 Å². The van der Waals surface area contributed by atoms with Gasteiger partial charge >= 0.3 is 0 Å². The maximum Gasteiger partial charge on any atom is 0.270 e. The van der Waals surface area contributed by atoms with E-state index in [2.05, 4.69) is 20.6 Å². The number of amides is 1. The first kappa shape index (κ1) is 19.6. The predicted octanol–water partition coefficient (Wildman–Crippen LogP) is 3.91. The van der Waals surface area contributed by atoms with Gasteiger partial charge in [-0.1, -0.05) is 23.7 Å². The Morgan fingerprint density at radius 2 is 1.75 bits per heavy atom. The standard InChI is InChI=1S/C21H22ClN5O/c1-27(2)18-9-7-17(8-10-18)26-20-13-19(24-14-25-20)21(28)23-12-11-15-3-5-16(22)6-4-15/h3-10,13-14H,11-12H2,1-2H3,(H,23,28)(H,24,25,26). The number of hydrogen-bond acceptors (Lipinski definition) is 5. The monoisotopic (exact) mass is 395 g/mol. The predicted molar refractivity (Wildman–Crippen MR) is 114 cm³/mol. The van der Waals surface area contributed by atoms with Crippen molar-refractivity contribution in [2.24, 2.45) is 0 Å². The number of nitrogens with zero attached hydrogens (tertiary/aromatic N) is 3. The molecule has 0 aliphatic heterocycles. The summed E-state index contributed by atoms with van der Waals surface area (Å²) in [7, 11) is 3.98. The molecule has 0 saturated carbocycles. The zero-order valence-electron chi connectivity index (χ0n) is 15.8. The van der Waals surface area contributed by atoms with Crippen molar-refractivity contribution >= 4 is 34.7 Å². The molecular weight excluding hydrogens is 374 g/mol. The van der Waals surface area contributed by atoms with Gasteiger partial charge in [-0.15, -0.1) is 0 Å². The van der Waals surface area contributed by atoms with Crippen molar-refractivity contribution in [1.29, 1.82) is 0 Å². The first-order valence-corrected chi connectivity index (χ1v) is 9.28. The van der Waals surface area contributed by atoms with Gasteiger partial charge in [0.15, 0.2) is 0 Å². The third kappa shape index (κ3) is 5.44. The Bertz CT molecular complexity index is 926. The van der Waals surface area contributed by atoms with Gasteiger partial charge in [0.1, 0.15) is 17.8 Å². The Morgan fingerprint density at radius 1 is 1.04 bits per heavy atom. The minimum Gasteiger partial charge on any atom is -0.378 e. The minimum absolute atomic E-state index is 0.234. The van der Waals surface area contributed by atoms with Crippen LogP contribution < -0.4 is 15.5 Å². The molecule has 0 aliphatic carbocycles. The van der Waals surface area contributed by atoms with Crippen molar-refractivity contribution in [2.75, 3.05) is 30.9 Å². The summed E-state index contributed by atoms with van der Waals surface area (Å²) in [5, 5.41) is 6.77. The normalized spacial score (nSPS) is 10.4. The second-order valence-electron chi connectivity index (χ2n) is 6.49. The van der Waals surface area contributed by atoms with E-state index in [0.717, 1.165) is 23.4 Å². The van der Waals surface area contributed by atoms with Crippen molar-refractivity contribution in [3.8, 4) is 0 Å². The molecule has 7 heteroatoms. The van der Waals surface area contributed by atoms with Crippen molar-refractivity contribution in [1.82, 2.24) is 15.3 Å². The van der Waals surface area contributed by atoms with E-state index in [4.69, 9.17) is 11.6 Å². The Kier molecular flexibility index (Phi) is 6.45. The molecule has 3 rings (SSSR count). The molecule has 28 heavy (non-hydrogen) atoms. The van der Waals surface area contributed by atoms with Gasteiger partial charge in [0.25, 0.3) is 5.91 Å². The summed E-state index contributed by atoms with van der Waals surface area (Å²) in [6.45, 7) is 0.513. The van der Waals surface area contributed by atoms with Crippen LogP contribution in [0.1, 0.15) is 16.1 Å². The van der Waals surface area contributed by atoms with E-state index in [-0.39, 0.29) is 5.91 Å². The highest BCUT2D eigenvalue weighted by atomic mass is 35.5. The molecule has 0 unspecified atom stereocenters. The minimum atomic E-state index is -0.234. The van der Waals surface area contributed by atoms with Crippen molar-refractivity contribution in [2.45, 2.75) is 6.42 Å². The maximum absolute atomic E-state index is 12.4. The number of rotatable bonds is 7. The fraction of sp³-hybridized carbons (Fsp3) is 0.190. The number of aromatic nitrogens is 2. The Hall–Kier alpha value is -3.12. The molecule has 0 bridgehead atoms. The van der Waals surface area contributed by atoms with Crippen molar-refractivity contribution < 1.29 is 4.79 Å². The molecule has 0 spiro atoms. The summed E-state index contributed by atoms with van der Waals surface area (Å²) in [6, 6.07) is 17.1. The number of nitrogens with one attached hydrogen (secondary N) is 2. The first-order chi connectivity index (χ1) is 13.5. The Morgan fingerprint density at radius 3 is 2.43 bits per heavy atom. The molecular formula is C21H22ClN5O. The van der Waals surface area contributed by atoms with Crippen molar-refractivity contribution in [3.63, 3.8) is 0 Å². The van der Waals surface area contributed by atoms with E-state index in [9.17, 15) is 4.79 Å². The molecule has 1 heterocycles. The number of carbonyl (C=O) groups is 1. The van der Waals surface area contributed by atoms with Crippen LogP contribution in [0, 0.1) is 0 Å². The number of halogens is 1. The van der Waals surface area contributed by atoms with E-state index in [0.29, 0.717) is 23.1 Å². The maximum atomic E-state index is 12.4. The molecule has 6 nitrogen and oxygen atoms in total. The topological polar surface area (TPSA) is 70.2 Å². The zero-order valence-corrected chi connectivity index (χ0v) is 16.6. The lowest BCUT2D eigenvalue weighted by molar-refractivity contribution is 0.0949. The summed E-state index contributed by atoms with van der Waals surface area (Å²) in [5.74, 6) is 0.331. The Balaban J connectivity index is 1.57. The van der Waals surface area contributed by atoms with Crippen LogP contribution in [0.15, 0.2) is 60.9 Å². The van der Waals surface area contributed by atoms with Crippen LogP contribution in [0.25, 0.3) is 0 Å². The second kappa shape index (κ2) is 9.19. The summed E-state index contributed by atoms with van der Waals surface area (Å²) in [6.07, 6.45) is 2.10. The van der Waals surface area contributed by atoms with E-state index in [1.165, 1.54) is 6.33 Å². The van der Waals surface area contributed by atoms with Gasteiger partial charge in [-0.2, -0.15) is 0 Å². The molecule has 144 valence electrons. The summed E-state index contributed by atoms with van der Waals surface area (Å²) >= 11 is 5.88. The quantitative estimate of drug-likeness (QED) is 0.634. The lowest BCUT2D eigenvalue weighted by Crippen LogP contribution is -2.26. The molecule has 1 amide bonds. The molecule has 0 atom stereocenters. The Labute approximate surface area is 169 Å². The van der Waals surface area contributed by atoms with Gasteiger partial charge in [-0.25, -0.2) is 9.97 Å². The largest absolute Gasteiger partial charge is 0.378 e. The third-order valence-corrected chi connectivity index (χ3v) is 4.42. The summed E-state index contributed by atoms with van der Waals surface area (Å²) < 4.78 is 0. The van der Waals surface area contributed by atoms with Gasteiger partial charge in [-0.05, 0) is 48.4 Å². The van der Waals surface area contributed by atoms with Crippen LogP contribution >= 0.6 is 11.6 Å². The highest BCUT2D eigenvalue weighted by molar-refractivity contribution is 6.30. The highest BCUT2D eigenvalue weighted by Gasteiger charge is 2.09. The molecule has 1 aromatic heterocycles. The van der Waals surface area contributed by atoms with Crippen LogP contribution in [-0.4, -0.2) is 36.5 Å². The van der Waals surface area contributed by atoms with E-state index in [1.54, 1.807) is 6.07 Å². The molecule has 0 aliphatic rings. The third-order valence-electron chi connectivity index (χ3n) is 4.17. The molecule has 0 saturated heterocycles. The lowest BCUT2D eigenvalue weighted by Gasteiger charge is -2.13. The molecule has 2 N–H and O–H groups in total. The smallest absolute Gasteiger partial charge is 0.270 e. The van der Waals surface area contributed by atoms with Crippen LogP contribution in [0.2, 0.25) is 5.02 Å². The second-order valence-corrected chi connectivity index (χ2v) is 6.92. The summed E-state index contributed by atoms with van der Waals surface area (Å²) in [5.41, 5.74) is 3.42. The first-order valence-electron chi connectivity index (χ1n) is 8.90. The van der Waals surface area contributed by atoms with Crippen molar-refractivity contribution in [3.05, 3.63) is 77.2 Å². The van der Waals surface area contributed by atoms with E-state index in [1.807, 2.05) is 67.5 Å². The molecule has 3 aromatic rings. The molecule has 0 radical (unpaired) electrons. The number of carbonyl (C=O) groups excluding carboxylic acids is 1. The number of benzene rings is 2. The number of anilines is 3. The lowest BCUT2D eigenvalue weighted by atomic mass is 10.1. The van der Waals surface area contributed by atoms with Crippen LogP contribution in [0.3, 0.4) is 0 Å². The fourth-order valence-electron chi connectivity index (χ4n) is 2.60.